The van der Waals surface area contributed by atoms with Crippen LogP contribution in [0, 0.1) is 0 Å². The van der Waals surface area contributed by atoms with Gasteiger partial charge in [0.15, 0.2) is 11.5 Å². The zero-order valence-corrected chi connectivity index (χ0v) is 12.9. The number of aromatic nitrogens is 6. The topological polar surface area (TPSA) is 138 Å². The molecule has 2 heterocycles. The molecule has 0 atom stereocenters. The first kappa shape index (κ1) is 15.4. The molecule has 0 saturated heterocycles. The van der Waals surface area contributed by atoms with E-state index in [0.717, 1.165) is 4.80 Å². The number of methoxy groups -OCH3 is 1. The number of benzene rings is 1. The van der Waals surface area contributed by atoms with E-state index >= 15 is 0 Å². The quantitative estimate of drug-likeness (QED) is 0.683. The minimum Gasteiger partial charge on any atom is -0.497 e. The molecular weight excluding hydrogens is 316 g/mol. The van der Waals surface area contributed by atoms with Crippen molar-refractivity contribution >= 4 is 17.4 Å². The standard InChI is InChI=1S/C13H14N8O3/c1-20(8-4-3-5-9(6-8)23-2)10(22)7-21-16-13(15-19-21)11-12(14)18-24-17-11/h3-6H,7H2,1-2H3,(H2,14,18). The van der Waals surface area contributed by atoms with E-state index in [0.29, 0.717) is 11.4 Å². The molecule has 0 unspecified atom stereocenters. The lowest BCUT2D eigenvalue weighted by Crippen LogP contribution is -2.30. The largest absolute Gasteiger partial charge is 0.497 e. The van der Waals surface area contributed by atoms with Gasteiger partial charge in [0.1, 0.15) is 12.3 Å². The van der Waals surface area contributed by atoms with Gasteiger partial charge in [0.2, 0.25) is 11.7 Å². The fourth-order valence-corrected chi connectivity index (χ4v) is 1.95. The number of nitrogens with two attached hydrogens (primary N) is 1. The van der Waals surface area contributed by atoms with E-state index in [1.54, 1.807) is 38.4 Å². The van der Waals surface area contributed by atoms with Crippen molar-refractivity contribution in [2.24, 2.45) is 0 Å². The molecule has 0 aliphatic rings. The third-order valence-corrected chi connectivity index (χ3v) is 3.27. The van der Waals surface area contributed by atoms with E-state index in [1.807, 2.05) is 0 Å². The number of nitrogen functional groups attached to an aromatic ring is 1. The van der Waals surface area contributed by atoms with Gasteiger partial charge in [-0.1, -0.05) is 6.07 Å². The van der Waals surface area contributed by atoms with Gasteiger partial charge in [0.25, 0.3) is 0 Å². The molecular formula is C13H14N8O3. The zero-order chi connectivity index (χ0) is 17.1. The summed E-state index contributed by atoms with van der Waals surface area (Å²) in [5.41, 5.74) is 6.42. The van der Waals surface area contributed by atoms with Crippen LogP contribution in [0.15, 0.2) is 28.9 Å². The van der Waals surface area contributed by atoms with Crippen molar-refractivity contribution in [3.05, 3.63) is 24.3 Å². The van der Waals surface area contributed by atoms with Crippen LogP contribution in [0.1, 0.15) is 0 Å². The molecule has 0 fully saturated rings. The Morgan fingerprint density at radius 1 is 1.42 bits per heavy atom. The van der Waals surface area contributed by atoms with Gasteiger partial charge >= 0.3 is 0 Å². The number of tetrazole rings is 1. The minimum atomic E-state index is -0.238. The van der Waals surface area contributed by atoms with Crippen molar-refractivity contribution in [2.75, 3.05) is 24.8 Å². The third-order valence-electron chi connectivity index (χ3n) is 3.27. The highest BCUT2D eigenvalue weighted by Crippen LogP contribution is 2.20. The molecule has 124 valence electrons. The number of likely N-dealkylation sites (N-methyl/N-ethyl adjacent to an activating group) is 1. The first-order chi connectivity index (χ1) is 11.6. The Bertz CT molecular complexity index is 858. The van der Waals surface area contributed by atoms with E-state index in [9.17, 15) is 4.79 Å². The van der Waals surface area contributed by atoms with Crippen LogP contribution in [0.25, 0.3) is 11.5 Å². The number of anilines is 2. The number of ether oxygens (including phenoxy) is 1. The van der Waals surface area contributed by atoms with Gasteiger partial charge in [0.05, 0.1) is 7.11 Å². The molecule has 1 aromatic carbocycles. The van der Waals surface area contributed by atoms with Gasteiger partial charge < -0.3 is 15.4 Å². The maximum Gasteiger partial charge on any atom is 0.250 e. The summed E-state index contributed by atoms with van der Waals surface area (Å²) >= 11 is 0. The number of nitrogens with zero attached hydrogens (tertiary/aromatic N) is 7. The lowest BCUT2D eigenvalue weighted by molar-refractivity contribution is -0.119. The maximum absolute atomic E-state index is 12.4. The van der Waals surface area contributed by atoms with Crippen molar-refractivity contribution in [2.45, 2.75) is 6.54 Å². The molecule has 2 N–H and O–H groups in total. The van der Waals surface area contributed by atoms with Crippen molar-refractivity contribution in [1.29, 1.82) is 0 Å². The number of rotatable bonds is 5. The number of hydrogen-bond acceptors (Lipinski definition) is 9. The number of carbonyl (C=O) groups is 1. The van der Waals surface area contributed by atoms with Crippen molar-refractivity contribution in [3.8, 4) is 17.3 Å². The molecule has 0 bridgehead atoms. The average molecular weight is 330 g/mol. The van der Waals surface area contributed by atoms with Crippen LogP contribution >= 0.6 is 0 Å². The second-order valence-corrected chi connectivity index (χ2v) is 4.80. The number of carbonyl (C=O) groups excluding carboxylic acids is 1. The van der Waals surface area contributed by atoms with Crippen molar-refractivity contribution < 1.29 is 14.2 Å². The smallest absolute Gasteiger partial charge is 0.250 e. The van der Waals surface area contributed by atoms with E-state index in [2.05, 4.69) is 30.4 Å². The summed E-state index contributed by atoms with van der Waals surface area (Å²) in [5.74, 6) is 0.598. The first-order valence-electron chi connectivity index (χ1n) is 6.85. The van der Waals surface area contributed by atoms with Gasteiger partial charge in [0, 0.05) is 18.8 Å². The maximum atomic E-state index is 12.4. The highest BCUT2D eigenvalue weighted by molar-refractivity contribution is 5.92. The number of amides is 1. The Morgan fingerprint density at radius 3 is 2.96 bits per heavy atom. The first-order valence-corrected chi connectivity index (χ1v) is 6.85. The Kier molecular flexibility index (Phi) is 4.05. The lowest BCUT2D eigenvalue weighted by Gasteiger charge is -2.17. The molecule has 2 aromatic heterocycles. The molecule has 11 nitrogen and oxygen atoms in total. The van der Waals surface area contributed by atoms with Gasteiger partial charge in [-0.3, -0.25) is 4.79 Å². The summed E-state index contributed by atoms with van der Waals surface area (Å²) in [5, 5.41) is 18.6. The summed E-state index contributed by atoms with van der Waals surface area (Å²) in [6.45, 7) is -0.105. The predicted molar refractivity (Wildman–Crippen MR) is 81.9 cm³/mol. The summed E-state index contributed by atoms with van der Waals surface area (Å²) in [7, 11) is 3.21. The van der Waals surface area contributed by atoms with E-state index in [1.165, 1.54) is 4.90 Å². The molecule has 0 saturated carbocycles. The van der Waals surface area contributed by atoms with Crippen molar-refractivity contribution in [3.63, 3.8) is 0 Å². The van der Waals surface area contributed by atoms with Crippen LogP contribution in [-0.4, -0.2) is 50.6 Å². The molecule has 3 rings (SSSR count). The van der Waals surface area contributed by atoms with Crippen LogP contribution in [0.2, 0.25) is 0 Å². The summed E-state index contributed by atoms with van der Waals surface area (Å²) in [6.07, 6.45) is 0. The Balaban J connectivity index is 1.73. The second-order valence-electron chi connectivity index (χ2n) is 4.80. The van der Waals surface area contributed by atoms with Crippen LogP contribution in [-0.2, 0) is 11.3 Å². The minimum absolute atomic E-state index is 0.0503. The molecule has 0 spiro atoms. The second kappa shape index (κ2) is 6.32. The van der Waals surface area contributed by atoms with Gasteiger partial charge in [-0.15, -0.1) is 10.2 Å². The van der Waals surface area contributed by atoms with Crippen LogP contribution in [0.5, 0.6) is 5.75 Å². The van der Waals surface area contributed by atoms with Crippen LogP contribution in [0.4, 0.5) is 11.5 Å². The Labute approximate surface area is 135 Å². The molecule has 3 aromatic rings. The highest BCUT2D eigenvalue weighted by atomic mass is 16.6. The molecule has 1 amide bonds. The summed E-state index contributed by atoms with van der Waals surface area (Å²) in [6, 6.07) is 7.13. The lowest BCUT2D eigenvalue weighted by atomic mass is 10.3. The molecule has 0 radical (unpaired) electrons. The normalized spacial score (nSPS) is 10.6. The summed E-state index contributed by atoms with van der Waals surface area (Å²) < 4.78 is 9.63. The average Bonchev–Trinajstić information content (AvgIpc) is 3.22. The fraction of sp³-hybridized carbons (Fsp3) is 0.231. The summed E-state index contributed by atoms with van der Waals surface area (Å²) in [4.78, 5) is 15.0. The third kappa shape index (κ3) is 2.99. The van der Waals surface area contributed by atoms with Gasteiger partial charge in [-0.25, -0.2) is 4.63 Å². The molecule has 11 heteroatoms. The molecule has 0 aliphatic heterocycles. The van der Waals surface area contributed by atoms with E-state index < -0.39 is 0 Å². The molecule has 0 aliphatic carbocycles. The van der Waals surface area contributed by atoms with Crippen LogP contribution in [0.3, 0.4) is 0 Å². The van der Waals surface area contributed by atoms with E-state index in [4.69, 9.17) is 10.5 Å². The SMILES string of the molecule is COc1cccc(N(C)C(=O)Cn2nnc(-c3nonc3N)n2)c1. The van der Waals surface area contributed by atoms with E-state index in [-0.39, 0.29) is 29.8 Å². The highest BCUT2D eigenvalue weighted by Gasteiger charge is 2.18. The predicted octanol–water partition coefficient (Wildman–Crippen LogP) is -0.0231. The van der Waals surface area contributed by atoms with Crippen LogP contribution < -0.4 is 15.4 Å². The number of hydrogen-bond donors (Lipinski definition) is 1. The fourth-order valence-electron chi connectivity index (χ4n) is 1.95. The van der Waals surface area contributed by atoms with Gasteiger partial charge in [-0.05, 0) is 27.7 Å². The Hall–Kier alpha value is -3.50. The van der Waals surface area contributed by atoms with Crippen molar-refractivity contribution in [1.82, 2.24) is 30.5 Å². The monoisotopic (exact) mass is 330 g/mol. The van der Waals surface area contributed by atoms with Gasteiger partial charge in [-0.2, -0.15) is 4.80 Å². The Morgan fingerprint density at radius 2 is 2.25 bits per heavy atom. The molecule has 24 heavy (non-hydrogen) atoms. The zero-order valence-electron chi connectivity index (χ0n) is 12.9.